The summed E-state index contributed by atoms with van der Waals surface area (Å²) in [6, 6.07) is 0. The molecule has 5 heteroatoms. The van der Waals surface area contributed by atoms with Gasteiger partial charge >= 0.3 is 0 Å². The molecule has 132 valence electrons. The lowest BCUT2D eigenvalue weighted by Crippen LogP contribution is -2.52. The smallest absolute Gasteiger partial charge is 0.222 e. The van der Waals surface area contributed by atoms with E-state index >= 15 is 0 Å². The lowest BCUT2D eigenvalue weighted by Gasteiger charge is -2.47. The molecule has 23 heavy (non-hydrogen) atoms. The molecule has 0 N–H and O–H groups in total. The summed E-state index contributed by atoms with van der Waals surface area (Å²) < 4.78 is 10.6. The van der Waals surface area contributed by atoms with Crippen molar-refractivity contribution in [3.05, 3.63) is 0 Å². The summed E-state index contributed by atoms with van der Waals surface area (Å²) in [5.74, 6) is 1.10. The van der Waals surface area contributed by atoms with Crippen molar-refractivity contribution < 1.29 is 14.3 Å². The number of carbonyl (C=O) groups is 1. The van der Waals surface area contributed by atoms with Crippen LogP contribution in [0, 0.1) is 11.3 Å². The Hall–Kier alpha value is -0.650. The molecule has 3 rings (SSSR count). The van der Waals surface area contributed by atoms with E-state index in [1.165, 1.54) is 45.3 Å². The molecular formula is C18H32N2O3. The predicted octanol–water partition coefficient (Wildman–Crippen LogP) is 1.76. The molecule has 3 aliphatic rings. The summed E-state index contributed by atoms with van der Waals surface area (Å²) >= 11 is 0. The van der Waals surface area contributed by atoms with Gasteiger partial charge < -0.3 is 19.3 Å². The maximum atomic E-state index is 12.1. The van der Waals surface area contributed by atoms with Crippen LogP contribution in [0.1, 0.15) is 38.5 Å². The van der Waals surface area contributed by atoms with Crippen LogP contribution in [0.25, 0.3) is 0 Å². The van der Waals surface area contributed by atoms with Crippen LogP contribution in [0.2, 0.25) is 0 Å². The highest BCUT2D eigenvalue weighted by molar-refractivity contribution is 5.77. The van der Waals surface area contributed by atoms with Crippen LogP contribution in [-0.4, -0.2) is 75.4 Å². The van der Waals surface area contributed by atoms with Crippen LogP contribution in [0.5, 0.6) is 0 Å². The molecular weight excluding hydrogens is 292 g/mol. The molecule has 3 heterocycles. The lowest BCUT2D eigenvalue weighted by atomic mass is 9.72. The van der Waals surface area contributed by atoms with Gasteiger partial charge in [0.15, 0.2) is 0 Å². The fourth-order valence-corrected chi connectivity index (χ4v) is 4.34. The van der Waals surface area contributed by atoms with E-state index in [4.69, 9.17) is 9.47 Å². The quantitative estimate of drug-likeness (QED) is 0.747. The predicted molar refractivity (Wildman–Crippen MR) is 89.3 cm³/mol. The zero-order valence-electron chi connectivity index (χ0n) is 14.6. The Morgan fingerprint density at radius 2 is 2.09 bits per heavy atom. The molecule has 0 radical (unpaired) electrons. The highest BCUT2D eigenvalue weighted by Crippen LogP contribution is 2.40. The van der Waals surface area contributed by atoms with Gasteiger partial charge in [0.1, 0.15) is 0 Å². The van der Waals surface area contributed by atoms with Crippen molar-refractivity contribution in [1.82, 2.24) is 9.80 Å². The molecule has 3 fully saturated rings. The molecule has 1 amide bonds. The Morgan fingerprint density at radius 1 is 1.26 bits per heavy atom. The number of methoxy groups -OCH3 is 1. The Balaban J connectivity index is 1.44. The van der Waals surface area contributed by atoms with E-state index in [0.29, 0.717) is 17.9 Å². The average Bonchev–Trinajstić information content (AvgIpc) is 3.09. The summed E-state index contributed by atoms with van der Waals surface area (Å²) in [7, 11) is 1.71. The van der Waals surface area contributed by atoms with Crippen molar-refractivity contribution in [2.75, 3.05) is 59.7 Å². The van der Waals surface area contributed by atoms with Crippen LogP contribution < -0.4 is 0 Å². The molecule has 0 aliphatic carbocycles. The third-order valence-electron chi connectivity index (χ3n) is 6.11. The molecule has 1 spiro atoms. The normalized spacial score (nSPS) is 28.7. The summed E-state index contributed by atoms with van der Waals surface area (Å²) in [5.41, 5.74) is 0.370. The maximum Gasteiger partial charge on any atom is 0.222 e. The molecule has 1 unspecified atom stereocenters. The van der Waals surface area contributed by atoms with Crippen molar-refractivity contribution in [2.24, 2.45) is 11.3 Å². The first kappa shape index (κ1) is 17.2. The van der Waals surface area contributed by atoms with Crippen molar-refractivity contribution in [2.45, 2.75) is 38.5 Å². The second-order valence-electron chi connectivity index (χ2n) is 7.67. The Morgan fingerprint density at radius 3 is 2.78 bits per heavy atom. The van der Waals surface area contributed by atoms with E-state index in [-0.39, 0.29) is 0 Å². The van der Waals surface area contributed by atoms with E-state index in [0.717, 1.165) is 45.1 Å². The molecule has 3 saturated heterocycles. The Kier molecular flexibility index (Phi) is 5.94. The standard InChI is InChI=1S/C18H32N2O3/c1-22-13-11-20-15-18(5-2-17(20)21)6-9-19(10-7-18)8-3-16-4-12-23-14-16/h16H,2-15H2,1H3. The number of rotatable bonds is 6. The summed E-state index contributed by atoms with van der Waals surface area (Å²) in [6.07, 6.45) is 6.82. The topological polar surface area (TPSA) is 42.0 Å². The number of piperidine rings is 2. The monoisotopic (exact) mass is 324 g/mol. The maximum absolute atomic E-state index is 12.1. The minimum Gasteiger partial charge on any atom is -0.383 e. The lowest BCUT2D eigenvalue weighted by molar-refractivity contribution is -0.139. The largest absolute Gasteiger partial charge is 0.383 e. The van der Waals surface area contributed by atoms with Crippen LogP contribution in [-0.2, 0) is 14.3 Å². The minimum atomic E-state index is 0.316. The second kappa shape index (κ2) is 7.95. The Labute approximate surface area is 140 Å². The number of hydrogen-bond acceptors (Lipinski definition) is 4. The number of nitrogens with zero attached hydrogens (tertiary/aromatic N) is 2. The van der Waals surface area contributed by atoms with Crippen molar-refractivity contribution in [3.63, 3.8) is 0 Å². The molecule has 1 atom stereocenters. The van der Waals surface area contributed by atoms with E-state index in [9.17, 15) is 4.79 Å². The van der Waals surface area contributed by atoms with Gasteiger partial charge in [-0.05, 0) is 63.1 Å². The third-order valence-corrected chi connectivity index (χ3v) is 6.11. The van der Waals surface area contributed by atoms with Gasteiger partial charge in [-0.2, -0.15) is 0 Å². The molecule has 5 nitrogen and oxygen atoms in total. The van der Waals surface area contributed by atoms with Gasteiger partial charge in [0.2, 0.25) is 5.91 Å². The highest BCUT2D eigenvalue weighted by atomic mass is 16.5. The summed E-state index contributed by atoms with van der Waals surface area (Å²) in [6.45, 7) is 7.88. The van der Waals surface area contributed by atoms with E-state index in [1.54, 1.807) is 7.11 Å². The van der Waals surface area contributed by atoms with Gasteiger partial charge in [-0.15, -0.1) is 0 Å². The fourth-order valence-electron chi connectivity index (χ4n) is 4.34. The van der Waals surface area contributed by atoms with Gasteiger partial charge in [-0.3, -0.25) is 4.79 Å². The summed E-state index contributed by atoms with van der Waals surface area (Å²) in [4.78, 5) is 16.8. The summed E-state index contributed by atoms with van der Waals surface area (Å²) in [5, 5.41) is 0. The fraction of sp³-hybridized carbons (Fsp3) is 0.944. The van der Waals surface area contributed by atoms with Gasteiger partial charge in [0, 0.05) is 39.8 Å². The first-order chi connectivity index (χ1) is 11.2. The zero-order chi connectivity index (χ0) is 16.1. The molecule has 3 aliphatic heterocycles. The average molecular weight is 324 g/mol. The van der Waals surface area contributed by atoms with Crippen LogP contribution >= 0.6 is 0 Å². The Bertz CT molecular complexity index is 388. The van der Waals surface area contributed by atoms with E-state index in [1.807, 2.05) is 4.90 Å². The number of ether oxygens (including phenoxy) is 2. The van der Waals surface area contributed by atoms with Crippen LogP contribution in [0.15, 0.2) is 0 Å². The van der Waals surface area contributed by atoms with Gasteiger partial charge in [-0.1, -0.05) is 0 Å². The molecule has 0 aromatic rings. The van der Waals surface area contributed by atoms with Crippen molar-refractivity contribution in [3.8, 4) is 0 Å². The first-order valence-electron chi connectivity index (χ1n) is 9.28. The van der Waals surface area contributed by atoms with Gasteiger partial charge in [0.05, 0.1) is 6.61 Å². The molecule has 0 bridgehead atoms. The van der Waals surface area contributed by atoms with Crippen LogP contribution in [0.4, 0.5) is 0 Å². The number of amides is 1. The first-order valence-corrected chi connectivity index (χ1v) is 9.28. The number of likely N-dealkylation sites (tertiary alicyclic amines) is 2. The van der Waals surface area contributed by atoms with Crippen LogP contribution in [0.3, 0.4) is 0 Å². The van der Waals surface area contributed by atoms with Gasteiger partial charge in [0.25, 0.3) is 0 Å². The number of carbonyl (C=O) groups excluding carboxylic acids is 1. The zero-order valence-corrected chi connectivity index (χ0v) is 14.6. The van der Waals surface area contributed by atoms with Gasteiger partial charge in [-0.25, -0.2) is 0 Å². The van der Waals surface area contributed by atoms with Crippen molar-refractivity contribution in [1.29, 1.82) is 0 Å². The number of hydrogen-bond donors (Lipinski definition) is 0. The molecule has 0 aromatic heterocycles. The SMILES string of the molecule is COCCN1CC2(CCC1=O)CCN(CCC1CCOC1)CC2. The molecule has 0 aromatic carbocycles. The third kappa shape index (κ3) is 4.46. The van der Waals surface area contributed by atoms with E-state index < -0.39 is 0 Å². The van der Waals surface area contributed by atoms with Crippen molar-refractivity contribution >= 4 is 5.91 Å². The highest BCUT2D eigenvalue weighted by Gasteiger charge is 2.40. The van der Waals surface area contributed by atoms with E-state index in [2.05, 4.69) is 4.90 Å². The minimum absolute atomic E-state index is 0.316. The molecule has 0 saturated carbocycles. The second-order valence-corrected chi connectivity index (χ2v) is 7.67.